The summed E-state index contributed by atoms with van der Waals surface area (Å²) < 4.78 is 1.35. The van der Waals surface area contributed by atoms with Gasteiger partial charge in [0.05, 0.1) is 17.5 Å². The van der Waals surface area contributed by atoms with Gasteiger partial charge in [0.1, 0.15) is 0 Å². The van der Waals surface area contributed by atoms with E-state index in [2.05, 4.69) is 5.10 Å². The maximum Gasteiger partial charge on any atom is 0.274 e. The van der Waals surface area contributed by atoms with Crippen molar-refractivity contribution >= 4 is 16.7 Å². The van der Waals surface area contributed by atoms with E-state index in [0.717, 1.165) is 0 Å². The molecule has 0 unspecified atom stereocenters. The second kappa shape index (κ2) is 4.37. The Morgan fingerprint density at radius 2 is 2.00 bits per heavy atom. The molecule has 0 atom stereocenters. The molecule has 1 aromatic carbocycles. The smallest absolute Gasteiger partial charge is 0.274 e. The number of hydrogen-bond donors (Lipinski definition) is 1. The molecule has 0 aliphatic rings. The van der Waals surface area contributed by atoms with Crippen LogP contribution in [0.4, 0.5) is 0 Å². The molecule has 0 saturated heterocycles. The molecule has 17 heavy (non-hydrogen) atoms. The first-order valence-corrected chi connectivity index (χ1v) is 5.40. The number of amides is 1. The largest absolute Gasteiger partial charge is 0.369 e. The average Bonchev–Trinajstić information content (AvgIpc) is 2.32. The Bertz CT molecular complexity index is 631. The molecule has 1 aromatic heterocycles. The first-order chi connectivity index (χ1) is 8.13. The Balaban J connectivity index is 2.78. The van der Waals surface area contributed by atoms with Gasteiger partial charge in [0.2, 0.25) is 5.91 Å². The number of carbonyl (C=O) groups is 1. The van der Waals surface area contributed by atoms with Gasteiger partial charge in [-0.05, 0) is 13.0 Å². The van der Waals surface area contributed by atoms with Crippen molar-refractivity contribution in [3.63, 3.8) is 0 Å². The molecule has 0 aliphatic heterocycles. The zero-order valence-electron chi connectivity index (χ0n) is 9.51. The molecule has 0 radical (unpaired) electrons. The maximum atomic E-state index is 12.0. The third kappa shape index (κ3) is 2.04. The van der Waals surface area contributed by atoms with Gasteiger partial charge in [-0.2, -0.15) is 5.10 Å². The van der Waals surface area contributed by atoms with E-state index in [1.165, 1.54) is 4.68 Å². The van der Waals surface area contributed by atoms with Crippen molar-refractivity contribution in [1.82, 2.24) is 9.78 Å². The van der Waals surface area contributed by atoms with Gasteiger partial charge in [0.15, 0.2) is 0 Å². The molecule has 88 valence electrons. The molecule has 0 fully saturated rings. The zero-order valence-corrected chi connectivity index (χ0v) is 9.51. The third-order valence-electron chi connectivity index (χ3n) is 2.59. The normalized spacial score (nSPS) is 10.6. The molecular formula is C12H13N3O2. The molecule has 5 heteroatoms. The number of primary amides is 1. The quantitative estimate of drug-likeness (QED) is 0.832. The number of hydrogen-bond acceptors (Lipinski definition) is 3. The van der Waals surface area contributed by atoms with Gasteiger partial charge in [-0.3, -0.25) is 9.59 Å². The van der Waals surface area contributed by atoms with E-state index in [9.17, 15) is 9.59 Å². The highest BCUT2D eigenvalue weighted by Gasteiger charge is 2.10. The molecular weight excluding hydrogens is 218 g/mol. The number of aromatic nitrogens is 2. The molecule has 0 bridgehead atoms. The van der Waals surface area contributed by atoms with E-state index >= 15 is 0 Å². The minimum Gasteiger partial charge on any atom is -0.369 e. The van der Waals surface area contributed by atoms with Crippen LogP contribution in [0.15, 0.2) is 29.1 Å². The lowest BCUT2D eigenvalue weighted by atomic mass is 10.1. The second-order valence-corrected chi connectivity index (χ2v) is 3.76. The molecule has 1 heterocycles. The molecule has 2 N–H and O–H groups in total. The highest BCUT2D eigenvalue weighted by atomic mass is 16.1. The van der Waals surface area contributed by atoms with Crippen molar-refractivity contribution in [2.75, 3.05) is 0 Å². The standard InChI is InChI=1S/C12H13N3O2/c1-2-15-12(17)9-6-4-3-5-8(9)10(14-15)7-11(13)16/h3-6H,2,7H2,1H3,(H2,13,16). The second-order valence-electron chi connectivity index (χ2n) is 3.76. The van der Waals surface area contributed by atoms with Gasteiger partial charge in [0, 0.05) is 11.9 Å². The van der Waals surface area contributed by atoms with E-state index in [-0.39, 0.29) is 12.0 Å². The summed E-state index contributed by atoms with van der Waals surface area (Å²) in [6, 6.07) is 7.11. The van der Waals surface area contributed by atoms with Crippen LogP contribution in [0.1, 0.15) is 12.6 Å². The molecule has 0 aliphatic carbocycles. The van der Waals surface area contributed by atoms with Crippen LogP contribution >= 0.6 is 0 Å². The van der Waals surface area contributed by atoms with Crippen LogP contribution in [-0.2, 0) is 17.8 Å². The fourth-order valence-corrected chi connectivity index (χ4v) is 1.82. The minimum absolute atomic E-state index is 0.0425. The van der Waals surface area contributed by atoms with Gasteiger partial charge in [0.25, 0.3) is 5.56 Å². The third-order valence-corrected chi connectivity index (χ3v) is 2.59. The Morgan fingerprint density at radius 3 is 2.59 bits per heavy atom. The number of carbonyl (C=O) groups excluding carboxylic acids is 1. The number of nitrogens with zero attached hydrogens (tertiary/aromatic N) is 2. The van der Waals surface area contributed by atoms with Gasteiger partial charge in [-0.15, -0.1) is 0 Å². The Hall–Kier alpha value is -2.17. The summed E-state index contributed by atoms with van der Waals surface area (Å²) in [6.45, 7) is 2.30. The van der Waals surface area contributed by atoms with E-state index in [4.69, 9.17) is 5.73 Å². The summed E-state index contributed by atoms with van der Waals surface area (Å²) in [4.78, 5) is 23.0. The number of aryl methyl sites for hydroxylation is 1. The number of fused-ring (bicyclic) bond motifs is 1. The average molecular weight is 231 g/mol. The summed E-state index contributed by atoms with van der Waals surface area (Å²) in [5.41, 5.74) is 5.59. The van der Waals surface area contributed by atoms with Crippen LogP contribution in [0.5, 0.6) is 0 Å². The van der Waals surface area contributed by atoms with Crippen molar-refractivity contribution in [3.8, 4) is 0 Å². The van der Waals surface area contributed by atoms with Gasteiger partial charge in [-0.25, -0.2) is 4.68 Å². The molecule has 0 saturated carbocycles. The maximum absolute atomic E-state index is 12.0. The highest BCUT2D eigenvalue weighted by Crippen LogP contribution is 2.13. The van der Waals surface area contributed by atoms with Crippen LogP contribution in [0, 0.1) is 0 Å². The van der Waals surface area contributed by atoms with Crippen LogP contribution in [0.3, 0.4) is 0 Å². The summed E-state index contributed by atoms with van der Waals surface area (Å²) >= 11 is 0. The van der Waals surface area contributed by atoms with Crippen LogP contribution in [-0.4, -0.2) is 15.7 Å². The lowest BCUT2D eigenvalue weighted by Gasteiger charge is -2.07. The Kier molecular flexibility index (Phi) is 2.91. The summed E-state index contributed by atoms with van der Waals surface area (Å²) in [5.74, 6) is -0.455. The molecule has 2 rings (SSSR count). The van der Waals surface area contributed by atoms with Crippen molar-refractivity contribution < 1.29 is 4.79 Å². The predicted octanol–water partition coefficient (Wildman–Crippen LogP) is 0.444. The Labute approximate surface area is 97.9 Å². The summed E-state index contributed by atoms with van der Waals surface area (Å²) in [7, 11) is 0. The van der Waals surface area contributed by atoms with E-state index < -0.39 is 5.91 Å². The van der Waals surface area contributed by atoms with Gasteiger partial charge >= 0.3 is 0 Å². The van der Waals surface area contributed by atoms with Gasteiger partial charge < -0.3 is 5.73 Å². The lowest BCUT2D eigenvalue weighted by molar-refractivity contribution is -0.117. The van der Waals surface area contributed by atoms with Crippen molar-refractivity contribution in [3.05, 3.63) is 40.3 Å². The molecule has 5 nitrogen and oxygen atoms in total. The zero-order chi connectivity index (χ0) is 12.4. The van der Waals surface area contributed by atoms with Gasteiger partial charge in [-0.1, -0.05) is 18.2 Å². The topological polar surface area (TPSA) is 78.0 Å². The predicted molar refractivity (Wildman–Crippen MR) is 64.6 cm³/mol. The monoisotopic (exact) mass is 231 g/mol. The van der Waals surface area contributed by atoms with E-state index in [1.54, 1.807) is 18.2 Å². The number of benzene rings is 1. The number of rotatable bonds is 3. The molecule has 0 spiro atoms. The van der Waals surface area contributed by atoms with Crippen molar-refractivity contribution in [1.29, 1.82) is 0 Å². The number of nitrogens with two attached hydrogens (primary N) is 1. The summed E-state index contributed by atoms with van der Waals surface area (Å²) in [6.07, 6.45) is 0.0425. The highest BCUT2D eigenvalue weighted by molar-refractivity contribution is 5.87. The SMILES string of the molecule is CCn1nc(CC(N)=O)c2ccccc2c1=O. The van der Waals surface area contributed by atoms with Crippen LogP contribution in [0.2, 0.25) is 0 Å². The van der Waals surface area contributed by atoms with Crippen LogP contribution < -0.4 is 11.3 Å². The fourth-order valence-electron chi connectivity index (χ4n) is 1.82. The van der Waals surface area contributed by atoms with Crippen LogP contribution in [0.25, 0.3) is 10.8 Å². The van der Waals surface area contributed by atoms with E-state index in [0.29, 0.717) is 23.0 Å². The molecule has 1 amide bonds. The van der Waals surface area contributed by atoms with E-state index in [1.807, 2.05) is 13.0 Å². The summed E-state index contributed by atoms with van der Waals surface area (Å²) in [5, 5.41) is 5.43. The first kappa shape index (κ1) is 11.3. The lowest BCUT2D eigenvalue weighted by Crippen LogP contribution is -2.25. The molecule has 2 aromatic rings. The van der Waals surface area contributed by atoms with Crippen molar-refractivity contribution in [2.45, 2.75) is 19.9 Å². The minimum atomic E-state index is -0.455. The first-order valence-electron chi connectivity index (χ1n) is 5.40. The fraction of sp³-hybridized carbons (Fsp3) is 0.250. The Morgan fingerprint density at radius 1 is 1.35 bits per heavy atom. The van der Waals surface area contributed by atoms with Crippen molar-refractivity contribution in [2.24, 2.45) is 5.73 Å².